The second kappa shape index (κ2) is 5.47. The maximum absolute atomic E-state index is 9.55. The average molecular weight is 269 g/mol. The van der Waals surface area contributed by atoms with E-state index in [0.29, 0.717) is 6.04 Å². The minimum Gasteiger partial charge on any atom is -0.389 e. The molecule has 1 N–H and O–H groups in total. The Balaban J connectivity index is 2.19. The number of piperazine rings is 1. The molecule has 0 aliphatic carbocycles. The molecule has 1 heterocycles. The third kappa shape index (κ3) is 2.79. The number of likely N-dealkylation sites (N-methyl/N-ethyl adjacent to an activating group) is 1. The molecule has 100 valence electrons. The molecule has 0 saturated carbocycles. The number of halogens is 1. The smallest absolute Gasteiger partial charge is 0.0762 e. The summed E-state index contributed by atoms with van der Waals surface area (Å²) >= 11 is 6.32. The highest BCUT2D eigenvalue weighted by Crippen LogP contribution is 2.30. The highest BCUT2D eigenvalue weighted by Gasteiger charge is 2.22. The lowest BCUT2D eigenvalue weighted by Crippen LogP contribution is -2.50. The summed E-state index contributed by atoms with van der Waals surface area (Å²) in [5.41, 5.74) is 1.94. The van der Waals surface area contributed by atoms with Crippen LogP contribution in [0.4, 0.5) is 5.69 Å². The number of aliphatic hydroxyl groups excluding tert-OH is 1. The molecule has 0 bridgehead atoms. The van der Waals surface area contributed by atoms with E-state index in [-0.39, 0.29) is 0 Å². The number of aliphatic hydroxyl groups is 1. The zero-order valence-electron chi connectivity index (χ0n) is 11.2. The Bertz CT molecular complexity index is 422. The van der Waals surface area contributed by atoms with Crippen LogP contribution in [-0.2, 0) is 0 Å². The molecular formula is C14H21ClN2O. The van der Waals surface area contributed by atoms with Crippen LogP contribution in [0.25, 0.3) is 0 Å². The maximum atomic E-state index is 9.55. The molecule has 0 aromatic heterocycles. The molecule has 1 aliphatic heterocycles. The van der Waals surface area contributed by atoms with Gasteiger partial charge in [-0.2, -0.15) is 0 Å². The first-order valence-corrected chi connectivity index (χ1v) is 6.79. The molecule has 4 heteroatoms. The van der Waals surface area contributed by atoms with Gasteiger partial charge in [0, 0.05) is 25.7 Å². The van der Waals surface area contributed by atoms with Crippen molar-refractivity contribution in [1.82, 2.24) is 4.90 Å². The summed E-state index contributed by atoms with van der Waals surface area (Å²) in [4.78, 5) is 4.67. The van der Waals surface area contributed by atoms with E-state index in [9.17, 15) is 5.11 Å². The standard InChI is InChI=1S/C14H21ClN2O/c1-10-9-17(7-6-16(10)3)14-5-4-12(11(2)18)8-13(14)15/h4-5,8,10-11,18H,6-7,9H2,1-3H3/t10?,11-/m1/s1. The Morgan fingerprint density at radius 1 is 1.39 bits per heavy atom. The van der Waals surface area contributed by atoms with Gasteiger partial charge in [-0.15, -0.1) is 0 Å². The number of rotatable bonds is 2. The van der Waals surface area contributed by atoms with E-state index in [1.165, 1.54) is 0 Å². The molecule has 0 spiro atoms. The summed E-state index contributed by atoms with van der Waals surface area (Å²) in [5, 5.41) is 10.3. The van der Waals surface area contributed by atoms with Gasteiger partial charge in [-0.3, -0.25) is 0 Å². The Hall–Kier alpha value is -0.770. The van der Waals surface area contributed by atoms with E-state index >= 15 is 0 Å². The molecule has 1 fully saturated rings. The van der Waals surface area contributed by atoms with Gasteiger partial charge in [-0.05, 0) is 38.6 Å². The van der Waals surface area contributed by atoms with Gasteiger partial charge in [0.05, 0.1) is 16.8 Å². The minimum absolute atomic E-state index is 0.469. The molecule has 3 nitrogen and oxygen atoms in total. The van der Waals surface area contributed by atoms with Gasteiger partial charge in [0.1, 0.15) is 0 Å². The fourth-order valence-electron chi connectivity index (χ4n) is 2.31. The maximum Gasteiger partial charge on any atom is 0.0762 e. The van der Waals surface area contributed by atoms with E-state index in [1.54, 1.807) is 6.92 Å². The predicted molar refractivity (Wildman–Crippen MR) is 76.4 cm³/mol. The van der Waals surface area contributed by atoms with Crippen LogP contribution in [0.3, 0.4) is 0 Å². The molecule has 18 heavy (non-hydrogen) atoms. The molecule has 1 unspecified atom stereocenters. The van der Waals surface area contributed by atoms with E-state index in [4.69, 9.17) is 11.6 Å². The van der Waals surface area contributed by atoms with Crippen LogP contribution < -0.4 is 4.90 Å². The topological polar surface area (TPSA) is 26.7 Å². The lowest BCUT2D eigenvalue weighted by molar-refractivity contribution is 0.199. The number of benzene rings is 1. The van der Waals surface area contributed by atoms with Crippen LogP contribution in [0.2, 0.25) is 5.02 Å². The lowest BCUT2D eigenvalue weighted by Gasteiger charge is -2.39. The van der Waals surface area contributed by atoms with Gasteiger partial charge < -0.3 is 14.9 Å². The quantitative estimate of drug-likeness (QED) is 0.893. The van der Waals surface area contributed by atoms with Crippen LogP contribution in [0.15, 0.2) is 18.2 Å². The SMILES string of the molecule is CC1CN(c2ccc([C@@H](C)O)cc2Cl)CCN1C. The first kappa shape index (κ1) is 13.7. The molecule has 1 aromatic rings. The van der Waals surface area contributed by atoms with Crippen molar-refractivity contribution in [3.05, 3.63) is 28.8 Å². The van der Waals surface area contributed by atoms with Crippen LogP contribution in [0.1, 0.15) is 25.5 Å². The molecule has 2 atom stereocenters. The van der Waals surface area contributed by atoms with Crippen LogP contribution >= 0.6 is 11.6 Å². The van der Waals surface area contributed by atoms with E-state index < -0.39 is 6.10 Å². The number of hydrogen-bond donors (Lipinski definition) is 1. The third-order valence-corrected chi connectivity index (χ3v) is 4.06. The van der Waals surface area contributed by atoms with Gasteiger partial charge in [0.25, 0.3) is 0 Å². The summed E-state index contributed by atoms with van der Waals surface area (Å²) < 4.78 is 0. The lowest BCUT2D eigenvalue weighted by atomic mass is 10.1. The largest absolute Gasteiger partial charge is 0.389 e. The monoisotopic (exact) mass is 268 g/mol. The van der Waals surface area contributed by atoms with Gasteiger partial charge in [0.2, 0.25) is 0 Å². The highest BCUT2D eigenvalue weighted by molar-refractivity contribution is 6.33. The van der Waals surface area contributed by atoms with E-state index in [2.05, 4.69) is 23.8 Å². The number of hydrogen-bond acceptors (Lipinski definition) is 3. The van der Waals surface area contributed by atoms with Gasteiger partial charge in [0.15, 0.2) is 0 Å². The first-order chi connectivity index (χ1) is 8.49. The Morgan fingerprint density at radius 3 is 2.67 bits per heavy atom. The second-order valence-corrected chi connectivity index (χ2v) is 5.57. The van der Waals surface area contributed by atoms with Crippen molar-refractivity contribution in [3.8, 4) is 0 Å². The molecule has 1 aliphatic rings. The highest BCUT2D eigenvalue weighted by atomic mass is 35.5. The molecule has 1 saturated heterocycles. The summed E-state index contributed by atoms with van der Waals surface area (Å²) in [6.45, 7) is 7.02. The van der Waals surface area contributed by atoms with Crippen molar-refractivity contribution in [1.29, 1.82) is 0 Å². The fourth-order valence-corrected chi connectivity index (χ4v) is 2.62. The van der Waals surface area contributed by atoms with Gasteiger partial charge in [-0.25, -0.2) is 0 Å². The van der Waals surface area contributed by atoms with Gasteiger partial charge >= 0.3 is 0 Å². The summed E-state index contributed by atoms with van der Waals surface area (Å²) in [5.74, 6) is 0. The Labute approximate surface area is 114 Å². The first-order valence-electron chi connectivity index (χ1n) is 6.41. The molecule has 0 amide bonds. The van der Waals surface area contributed by atoms with Crippen molar-refractivity contribution in [3.63, 3.8) is 0 Å². The predicted octanol–water partition coefficient (Wildman–Crippen LogP) is 2.53. The molecular weight excluding hydrogens is 248 g/mol. The Kier molecular flexibility index (Phi) is 4.15. The van der Waals surface area contributed by atoms with Crippen molar-refractivity contribution < 1.29 is 5.11 Å². The zero-order valence-corrected chi connectivity index (χ0v) is 12.0. The second-order valence-electron chi connectivity index (χ2n) is 5.16. The number of anilines is 1. The van der Waals surface area contributed by atoms with Crippen LogP contribution in [-0.4, -0.2) is 42.7 Å². The van der Waals surface area contributed by atoms with Crippen LogP contribution in [0, 0.1) is 0 Å². The van der Waals surface area contributed by atoms with Gasteiger partial charge in [-0.1, -0.05) is 17.7 Å². The van der Waals surface area contributed by atoms with Crippen molar-refractivity contribution in [2.24, 2.45) is 0 Å². The fraction of sp³-hybridized carbons (Fsp3) is 0.571. The van der Waals surface area contributed by atoms with Crippen LogP contribution in [0.5, 0.6) is 0 Å². The average Bonchev–Trinajstić information content (AvgIpc) is 2.32. The third-order valence-electron chi connectivity index (χ3n) is 3.75. The van der Waals surface area contributed by atoms with E-state index in [0.717, 1.165) is 35.9 Å². The summed E-state index contributed by atoms with van der Waals surface area (Å²) in [6.07, 6.45) is -0.469. The van der Waals surface area contributed by atoms with E-state index in [1.807, 2.05) is 18.2 Å². The number of nitrogens with zero attached hydrogens (tertiary/aromatic N) is 2. The minimum atomic E-state index is -0.469. The van der Waals surface area contributed by atoms with Crippen molar-refractivity contribution in [2.45, 2.75) is 26.0 Å². The molecule has 1 aromatic carbocycles. The molecule has 0 radical (unpaired) electrons. The van der Waals surface area contributed by atoms with Crippen molar-refractivity contribution in [2.75, 3.05) is 31.6 Å². The molecule has 2 rings (SSSR count). The zero-order chi connectivity index (χ0) is 13.3. The summed E-state index contributed by atoms with van der Waals surface area (Å²) in [7, 11) is 2.15. The normalized spacial score (nSPS) is 23.2. The van der Waals surface area contributed by atoms with Crippen molar-refractivity contribution >= 4 is 17.3 Å². The summed E-state index contributed by atoms with van der Waals surface area (Å²) in [6, 6.07) is 6.37. The Morgan fingerprint density at radius 2 is 2.11 bits per heavy atom.